The van der Waals surface area contributed by atoms with Crippen LogP contribution in [0.3, 0.4) is 0 Å². The van der Waals surface area contributed by atoms with Gasteiger partial charge in [-0.15, -0.1) is 0 Å². The lowest BCUT2D eigenvalue weighted by atomic mass is 10.1. The Hall–Kier alpha value is -1.26. The van der Waals surface area contributed by atoms with Crippen LogP contribution < -0.4 is 11.1 Å². The molecule has 1 aromatic rings. The number of carbonyl (C=O) groups is 1. The molecule has 1 saturated heterocycles. The molecule has 1 heterocycles. The minimum absolute atomic E-state index is 0.0892. The van der Waals surface area contributed by atoms with Crippen LogP contribution in [0.1, 0.15) is 16.8 Å². The van der Waals surface area contributed by atoms with Crippen molar-refractivity contribution in [2.24, 2.45) is 0 Å². The number of nitrogens with zero attached hydrogens (tertiary/aromatic N) is 1. The number of rotatable bonds is 2. The van der Waals surface area contributed by atoms with E-state index in [2.05, 4.69) is 10.2 Å². The van der Waals surface area contributed by atoms with Gasteiger partial charge in [0, 0.05) is 18.2 Å². The van der Waals surface area contributed by atoms with Gasteiger partial charge in [-0.2, -0.15) is 0 Å². The molecular weight excluding hydrogens is 238 g/mol. The molecule has 17 heavy (non-hydrogen) atoms. The first-order chi connectivity index (χ1) is 8.06. The summed E-state index contributed by atoms with van der Waals surface area (Å²) in [6, 6.07) is 5.17. The fraction of sp³-hybridized carbons (Fsp3) is 0.417. The standard InChI is InChI=1S/C12H16ClN3O/c1-16-5-4-9(7-16)15-12(17)8-2-3-10(13)11(14)6-8/h2-3,6,9H,4-5,7,14H2,1H3,(H,15,17). The van der Waals surface area contributed by atoms with Gasteiger partial charge in [-0.3, -0.25) is 4.79 Å². The zero-order valence-electron chi connectivity index (χ0n) is 9.74. The van der Waals surface area contributed by atoms with E-state index >= 15 is 0 Å². The summed E-state index contributed by atoms with van der Waals surface area (Å²) < 4.78 is 0. The summed E-state index contributed by atoms with van der Waals surface area (Å²) in [4.78, 5) is 14.1. The molecule has 4 nitrogen and oxygen atoms in total. The highest BCUT2D eigenvalue weighted by molar-refractivity contribution is 6.33. The molecule has 1 aliphatic rings. The molecular formula is C12H16ClN3O. The number of hydrogen-bond acceptors (Lipinski definition) is 3. The zero-order valence-corrected chi connectivity index (χ0v) is 10.5. The Morgan fingerprint density at radius 1 is 1.59 bits per heavy atom. The van der Waals surface area contributed by atoms with Gasteiger partial charge in [0.15, 0.2) is 0 Å². The van der Waals surface area contributed by atoms with E-state index in [0.717, 1.165) is 19.5 Å². The molecule has 5 heteroatoms. The smallest absolute Gasteiger partial charge is 0.251 e. The van der Waals surface area contributed by atoms with E-state index in [4.69, 9.17) is 17.3 Å². The van der Waals surface area contributed by atoms with Gasteiger partial charge in [0.05, 0.1) is 10.7 Å². The molecule has 1 atom stereocenters. The minimum atomic E-state index is -0.0892. The summed E-state index contributed by atoms with van der Waals surface area (Å²) in [5, 5.41) is 3.47. The van der Waals surface area contributed by atoms with Crippen molar-refractivity contribution >= 4 is 23.2 Å². The average molecular weight is 254 g/mol. The quantitative estimate of drug-likeness (QED) is 0.783. The summed E-state index contributed by atoms with van der Waals surface area (Å²) >= 11 is 5.81. The summed E-state index contributed by atoms with van der Waals surface area (Å²) in [7, 11) is 2.05. The third-order valence-corrected chi connectivity index (χ3v) is 3.33. The SMILES string of the molecule is CN1CCC(NC(=O)c2ccc(Cl)c(N)c2)C1. The molecule has 0 spiro atoms. The average Bonchev–Trinajstić information content (AvgIpc) is 2.68. The summed E-state index contributed by atoms with van der Waals surface area (Å²) in [5.41, 5.74) is 6.66. The van der Waals surface area contributed by atoms with Crippen LogP contribution in [-0.4, -0.2) is 37.0 Å². The van der Waals surface area contributed by atoms with E-state index in [1.807, 2.05) is 7.05 Å². The lowest BCUT2D eigenvalue weighted by Crippen LogP contribution is -2.36. The van der Waals surface area contributed by atoms with Crippen LogP contribution in [0.4, 0.5) is 5.69 Å². The highest BCUT2D eigenvalue weighted by Gasteiger charge is 2.21. The number of amides is 1. The molecule has 92 valence electrons. The second-order valence-corrected chi connectivity index (χ2v) is 4.86. The van der Waals surface area contributed by atoms with Gasteiger partial charge in [0.2, 0.25) is 0 Å². The Morgan fingerprint density at radius 3 is 2.94 bits per heavy atom. The largest absolute Gasteiger partial charge is 0.398 e. The number of halogens is 1. The maximum absolute atomic E-state index is 11.9. The van der Waals surface area contributed by atoms with Crippen LogP contribution in [-0.2, 0) is 0 Å². The summed E-state index contributed by atoms with van der Waals surface area (Å²) in [5.74, 6) is -0.0892. The summed E-state index contributed by atoms with van der Waals surface area (Å²) in [6.45, 7) is 1.92. The maximum atomic E-state index is 11.9. The Balaban J connectivity index is 2.02. The molecule has 0 radical (unpaired) electrons. The lowest BCUT2D eigenvalue weighted by Gasteiger charge is -2.13. The van der Waals surface area contributed by atoms with Crippen molar-refractivity contribution in [2.45, 2.75) is 12.5 Å². The number of anilines is 1. The van der Waals surface area contributed by atoms with Crippen LogP contribution in [0.15, 0.2) is 18.2 Å². The molecule has 0 aromatic heterocycles. The molecule has 1 fully saturated rings. The second kappa shape index (κ2) is 4.94. The van der Waals surface area contributed by atoms with E-state index in [1.165, 1.54) is 0 Å². The predicted octanol–water partition coefficient (Wildman–Crippen LogP) is 1.36. The molecule has 1 aromatic carbocycles. The van der Waals surface area contributed by atoms with Gasteiger partial charge >= 0.3 is 0 Å². The fourth-order valence-electron chi connectivity index (χ4n) is 2.01. The summed E-state index contributed by atoms with van der Waals surface area (Å²) in [6.07, 6.45) is 0.991. The molecule has 1 unspecified atom stereocenters. The van der Waals surface area contributed by atoms with Crippen molar-refractivity contribution in [3.63, 3.8) is 0 Å². The molecule has 1 aliphatic heterocycles. The van der Waals surface area contributed by atoms with Crippen LogP contribution in [0, 0.1) is 0 Å². The van der Waals surface area contributed by atoms with Gasteiger partial charge in [-0.05, 0) is 38.2 Å². The molecule has 1 amide bonds. The Morgan fingerprint density at radius 2 is 2.35 bits per heavy atom. The van der Waals surface area contributed by atoms with Crippen LogP contribution in [0.2, 0.25) is 5.02 Å². The number of benzene rings is 1. The number of likely N-dealkylation sites (tertiary alicyclic amines) is 1. The maximum Gasteiger partial charge on any atom is 0.251 e. The highest BCUT2D eigenvalue weighted by Crippen LogP contribution is 2.19. The van der Waals surface area contributed by atoms with Gasteiger partial charge in [-0.1, -0.05) is 11.6 Å². The predicted molar refractivity (Wildman–Crippen MR) is 69.2 cm³/mol. The van der Waals surface area contributed by atoms with Gasteiger partial charge in [0.1, 0.15) is 0 Å². The first-order valence-electron chi connectivity index (χ1n) is 5.60. The van der Waals surface area contributed by atoms with Gasteiger partial charge in [-0.25, -0.2) is 0 Å². The molecule has 0 saturated carbocycles. The van der Waals surface area contributed by atoms with Crippen molar-refractivity contribution in [1.82, 2.24) is 10.2 Å². The van der Waals surface area contributed by atoms with E-state index in [-0.39, 0.29) is 11.9 Å². The fourth-order valence-corrected chi connectivity index (χ4v) is 2.12. The van der Waals surface area contributed by atoms with Crippen molar-refractivity contribution in [3.8, 4) is 0 Å². The van der Waals surface area contributed by atoms with E-state index in [0.29, 0.717) is 16.3 Å². The van der Waals surface area contributed by atoms with Crippen molar-refractivity contribution in [2.75, 3.05) is 25.9 Å². The lowest BCUT2D eigenvalue weighted by molar-refractivity contribution is 0.0938. The zero-order chi connectivity index (χ0) is 12.4. The third kappa shape index (κ3) is 2.90. The van der Waals surface area contributed by atoms with Crippen LogP contribution in [0.5, 0.6) is 0 Å². The minimum Gasteiger partial charge on any atom is -0.398 e. The highest BCUT2D eigenvalue weighted by atomic mass is 35.5. The van der Waals surface area contributed by atoms with E-state index in [9.17, 15) is 4.79 Å². The normalized spacial score (nSPS) is 20.5. The Labute approximate surface area is 106 Å². The second-order valence-electron chi connectivity index (χ2n) is 4.46. The number of nitrogens with two attached hydrogens (primary N) is 1. The first kappa shape index (κ1) is 12.2. The molecule has 0 aliphatic carbocycles. The van der Waals surface area contributed by atoms with Gasteiger partial charge in [0.25, 0.3) is 5.91 Å². The molecule has 2 rings (SSSR count). The number of nitrogen functional groups attached to an aromatic ring is 1. The van der Waals surface area contributed by atoms with Crippen LogP contribution in [0.25, 0.3) is 0 Å². The van der Waals surface area contributed by atoms with Crippen molar-refractivity contribution in [1.29, 1.82) is 0 Å². The Bertz CT molecular complexity index is 436. The Kier molecular flexibility index (Phi) is 3.54. The first-order valence-corrected chi connectivity index (χ1v) is 5.98. The molecule has 0 bridgehead atoms. The third-order valence-electron chi connectivity index (χ3n) is 2.98. The van der Waals surface area contributed by atoms with E-state index < -0.39 is 0 Å². The number of nitrogens with one attached hydrogen (secondary N) is 1. The van der Waals surface area contributed by atoms with Crippen LogP contribution >= 0.6 is 11.6 Å². The molecule has 3 N–H and O–H groups in total. The monoisotopic (exact) mass is 253 g/mol. The van der Waals surface area contributed by atoms with Crippen molar-refractivity contribution in [3.05, 3.63) is 28.8 Å². The number of carbonyl (C=O) groups excluding carboxylic acids is 1. The van der Waals surface area contributed by atoms with Crippen molar-refractivity contribution < 1.29 is 4.79 Å². The van der Waals surface area contributed by atoms with E-state index in [1.54, 1.807) is 18.2 Å². The number of likely N-dealkylation sites (N-methyl/N-ethyl adjacent to an activating group) is 1. The topological polar surface area (TPSA) is 58.4 Å². The number of hydrogen-bond donors (Lipinski definition) is 2. The van der Waals surface area contributed by atoms with Gasteiger partial charge < -0.3 is 16.0 Å².